The van der Waals surface area contributed by atoms with Crippen molar-refractivity contribution in [1.29, 1.82) is 0 Å². The Morgan fingerprint density at radius 3 is 2.60 bits per heavy atom. The molecule has 0 spiro atoms. The van der Waals surface area contributed by atoms with Crippen molar-refractivity contribution in [3.63, 3.8) is 0 Å². The lowest BCUT2D eigenvalue weighted by atomic mass is 9.89. The van der Waals surface area contributed by atoms with E-state index in [0.29, 0.717) is 64.6 Å². The largest absolute Gasteiger partial charge is 0.338 e. The maximum atomic E-state index is 14.2. The number of pyridine rings is 1. The van der Waals surface area contributed by atoms with Crippen LogP contribution in [0.5, 0.6) is 0 Å². The summed E-state index contributed by atoms with van der Waals surface area (Å²) in [6.07, 6.45) is 7.24. The Morgan fingerprint density at radius 1 is 1.04 bits per heavy atom. The summed E-state index contributed by atoms with van der Waals surface area (Å²) in [7, 11) is 0. The number of piperidine rings is 2. The molecule has 4 aliphatic rings. The highest BCUT2D eigenvalue weighted by atomic mass is 32.2. The number of aryl methyl sites for hydroxylation is 2. The molecule has 11 nitrogen and oxygen atoms in total. The van der Waals surface area contributed by atoms with Gasteiger partial charge in [0.25, 0.3) is 5.56 Å². The average molecular weight is 664 g/mol. The lowest BCUT2D eigenvalue weighted by molar-refractivity contribution is -0.135. The van der Waals surface area contributed by atoms with Crippen LogP contribution in [0.4, 0.5) is 4.79 Å². The molecule has 252 valence electrons. The number of nitrogens with zero attached hydrogens (tertiary/aromatic N) is 5. The number of thioether (sulfide) groups is 1. The minimum Gasteiger partial charge on any atom is -0.338 e. The van der Waals surface area contributed by atoms with Gasteiger partial charge in [-0.15, -0.1) is 11.8 Å². The molecule has 6 heterocycles. The van der Waals surface area contributed by atoms with Gasteiger partial charge in [0.05, 0.1) is 16.7 Å². The first-order chi connectivity index (χ1) is 24.0. The van der Waals surface area contributed by atoms with Crippen molar-refractivity contribution >= 4 is 34.6 Å². The van der Waals surface area contributed by atoms with E-state index in [0.717, 1.165) is 77.1 Å². The SMILES string of the molecule is [2H]C([2H])([2H])N1CCC(N2CCN(C(=O)[C@@H](Cc3cc(C)c4[nH]ncc4c3)NC(=O)N3CCC(c4cc5c([nH]c4=O)SCCC5)CC3)CC2)CC1. The molecule has 3 fully saturated rings. The summed E-state index contributed by atoms with van der Waals surface area (Å²) >= 11 is 1.72. The lowest BCUT2D eigenvalue weighted by Crippen LogP contribution is -2.59. The third kappa shape index (κ3) is 7.10. The standard InChI is InChI=1S/C35H48N8O3S/c1-23-18-24(19-27-22-36-39-31(23)27)20-30(34(45)42-15-13-41(14-16-42)28-7-9-40(2)10-8-28)37-35(46)43-11-5-25(6-12-43)29-21-26-4-3-17-47-33(26)38-32(29)44/h18-19,21-22,25,28,30H,3-17,20H2,1-2H3,(H,36,39)(H,37,46)(H,38,44)/t30-/m1/s1/i2D3. The fourth-order valence-corrected chi connectivity index (χ4v) is 8.89. The van der Waals surface area contributed by atoms with Gasteiger partial charge in [-0.3, -0.25) is 19.6 Å². The molecule has 12 heteroatoms. The Balaban J connectivity index is 1.00. The number of benzene rings is 1. The number of amides is 3. The normalized spacial score (nSPS) is 22.4. The molecule has 0 saturated carbocycles. The maximum absolute atomic E-state index is 14.2. The van der Waals surface area contributed by atoms with Crippen LogP contribution in [0.3, 0.4) is 0 Å². The van der Waals surface area contributed by atoms with E-state index in [9.17, 15) is 14.4 Å². The highest BCUT2D eigenvalue weighted by Gasteiger charge is 2.34. The third-order valence-electron chi connectivity index (χ3n) is 10.6. The molecule has 47 heavy (non-hydrogen) atoms. The van der Waals surface area contributed by atoms with Crippen LogP contribution in [0.25, 0.3) is 10.9 Å². The zero-order valence-corrected chi connectivity index (χ0v) is 28.0. The summed E-state index contributed by atoms with van der Waals surface area (Å²) in [6, 6.07) is 5.49. The van der Waals surface area contributed by atoms with Crippen molar-refractivity contribution in [3.8, 4) is 0 Å². The first-order valence-electron chi connectivity index (χ1n) is 18.7. The Labute approximate surface area is 285 Å². The van der Waals surface area contributed by atoms with Crippen LogP contribution < -0.4 is 10.9 Å². The van der Waals surface area contributed by atoms with Gasteiger partial charge in [0.2, 0.25) is 5.91 Å². The van der Waals surface area contributed by atoms with E-state index in [2.05, 4.69) is 37.5 Å². The second-order valence-corrected chi connectivity index (χ2v) is 14.8. The first-order valence-corrected chi connectivity index (χ1v) is 18.2. The van der Waals surface area contributed by atoms with Crippen molar-refractivity contribution in [1.82, 2.24) is 40.1 Å². The molecule has 1 aromatic carbocycles. The van der Waals surface area contributed by atoms with Crippen LogP contribution in [0.1, 0.15) is 64.4 Å². The molecular formula is C35H48N8O3S. The van der Waals surface area contributed by atoms with Crippen LogP contribution in [0, 0.1) is 6.92 Å². The van der Waals surface area contributed by atoms with E-state index in [1.165, 1.54) is 5.56 Å². The summed E-state index contributed by atoms with van der Waals surface area (Å²) in [5.74, 6) is 1.04. The number of H-pyrrole nitrogens is 2. The van der Waals surface area contributed by atoms with Crippen LogP contribution in [-0.4, -0.2) is 124 Å². The number of aromatic amines is 2. The number of piperazine rings is 1. The van der Waals surface area contributed by atoms with E-state index < -0.39 is 13.0 Å². The smallest absolute Gasteiger partial charge is 0.318 e. The molecule has 4 aliphatic heterocycles. The monoisotopic (exact) mass is 663 g/mol. The number of nitrogens with one attached hydrogen (secondary N) is 3. The van der Waals surface area contributed by atoms with Gasteiger partial charge in [-0.2, -0.15) is 5.10 Å². The van der Waals surface area contributed by atoms with Crippen molar-refractivity contribution in [2.24, 2.45) is 0 Å². The molecule has 0 radical (unpaired) electrons. The van der Waals surface area contributed by atoms with Gasteiger partial charge in [0.1, 0.15) is 6.04 Å². The number of fused-ring (bicyclic) bond motifs is 2. The zero-order chi connectivity index (χ0) is 35.0. The number of urea groups is 1. The number of carbonyl (C=O) groups excluding carboxylic acids is 2. The Bertz CT molecular complexity index is 1760. The van der Waals surface area contributed by atoms with Gasteiger partial charge in [-0.1, -0.05) is 6.07 Å². The quantitative estimate of drug-likeness (QED) is 0.370. The molecule has 3 saturated heterocycles. The van der Waals surface area contributed by atoms with E-state index >= 15 is 0 Å². The van der Waals surface area contributed by atoms with Gasteiger partial charge in [0, 0.05) is 66.8 Å². The maximum Gasteiger partial charge on any atom is 0.318 e. The van der Waals surface area contributed by atoms with Gasteiger partial charge < -0.3 is 25.0 Å². The average Bonchev–Trinajstić information content (AvgIpc) is 3.60. The predicted molar refractivity (Wildman–Crippen MR) is 185 cm³/mol. The molecule has 0 aliphatic carbocycles. The summed E-state index contributed by atoms with van der Waals surface area (Å²) in [5.41, 5.74) is 4.98. The fourth-order valence-electron chi connectivity index (χ4n) is 7.89. The van der Waals surface area contributed by atoms with Gasteiger partial charge in [-0.25, -0.2) is 4.79 Å². The Kier molecular flexibility index (Phi) is 8.54. The van der Waals surface area contributed by atoms with Gasteiger partial charge in [0.15, 0.2) is 0 Å². The third-order valence-corrected chi connectivity index (χ3v) is 11.8. The highest BCUT2D eigenvalue weighted by molar-refractivity contribution is 7.99. The van der Waals surface area contributed by atoms with Crippen LogP contribution in [0.15, 0.2) is 34.2 Å². The summed E-state index contributed by atoms with van der Waals surface area (Å²) in [5, 5.41) is 12.3. The first kappa shape index (κ1) is 28.6. The van der Waals surface area contributed by atoms with E-state index in [1.807, 2.05) is 17.9 Å². The minimum absolute atomic E-state index is 0.0160. The van der Waals surface area contributed by atoms with Crippen molar-refractivity contribution < 1.29 is 13.7 Å². The predicted octanol–water partition coefficient (Wildman–Crippen LogP) is 3.34. The second kappa shape index (κ2) is 14.0. The van der Waals surface area contributed by atoms with Gasteiger partial charge >= 0.3 is 6.03 Å². The fraction of sp³-hybridized carbons (Fsp3) is 0.600. The Hall–Kier alpha value is -3.35. The Morgan fingerprint density at radius 2 is 1.83 bits per heavy atom. The number of likely N-dealkylation sites (tertiary alicyclic amines) is 2. The van der Waals surface area contributed by atoms with E-state index in [4.69, 9.17) is 4.11 Å². The number of hydrogen-bond acceptors (Lipinski definition) is 7. The molecule has 2 aromatic heterocycles. The van der Waals surface area contributed by atoms with E-state index in [1.54, 1.807) is 27.8 Å². The van der Waals surface area contributed by atoms with Crippen LogP contribution in [0.2, 0.25) is 0 Å². The lowest BCUT2D eigenvalue weighted by Gasteiger charge is -2.43. The summed E-state index contributed by atoms with van der Waals surface area (Å²) in [4.78, 5) is 51.7. The van der Waals surface area contributed by atoms with Gasteiger partial charge in [-0.05, 0) is 106 Å². The number of aromatic nitrogens is 3. The summed E-state index contributed by atoms with van der Waals surface area (Å²) < 4.78 is 23.2. The highest BCUT2D eigenvalue weighted by Crippen LogP contribution is 2.32. The van der Waals surface area contributed by atoms with Crippen molar-refractivity contribution in [3.05, 3.63) is 57.0 Å². The van der Waals surface area contributed by atoms with Crippen molar-refractivity contribution in [2.45, 2.75) is 74.9 Å². The number of rotatable bonds is 6. The minimum atomic E-state index is -2.05. The molecule has 7 rings (SSSR count). The second-order valence-electron chi connectivity index (χ2n) is 13.7. The summed E-state index contributed by atoms with van der Waals surface area (Å²) in [6.45, 7) is 4.66. The molecular weight excluding hydrogens is 613 g/mol. The molecule has 1 atom stereocenters. The molecule has 3 N–H and O–H groups in total. The molecule has 0 unspecified atom stereocenters. The molecule has 0 bridgehead atoms. The molecule has 3 aromatic rings. The van der Waals surface area contributed by atoms with E-state index in [-0.39, 0.29) is 23.4 Å². The topological polar surface area (TPSA) is 121 Å². The van der Waals surface area contributed by atoms with Crippen LogP contribution in [-0.2, 0) is 17.6 Å². The van der Waals surface area contributed by atoms with Crippen LogP contribution >= 0.6 is 11.8 Å². The zero-order valence-electron chi connectivity index (χ0n) is 30.2. The number of carbonyl (C=O) groups is 2. The number of hydrogen-bond donors (Lipinski definition) is 3. The molecule has 3 amide bonds. The van der Waals surface area contributed by atoms with Crippen molar-refractivity contribution in [2.75, 3.05) is 65.1 Å².